The van der Waals surface area contributed by atoms with Gasteiger partial charge in [-0.15, -0.1) is 0 Å². The van der Waals surface area contributed by atoms with Crippen LogP contribution in [0.4, 0.5) is 0 Å². The molecule has 100 valence electrons. The highest BCUT2D eigenvalue weighted by molar-refractivity contribution is 5.73. The predicted molar refractivity (Wildman–Crippen MR) is 67.8 cm³/mol. The first-order valence-electron chi connectivity index (χ1n) is 6.93. The van der Waals surface area contributed by atoms with E-state index in [-0.39, 0.29) is 18.0 Å². The second kappa shape index (κ2) is 7.70. The second-order valence-corrected chi connectivity index (χ2v) is 5.15. The van der Waals surface area contributed by atoms with Crippen LogP contribution in [0.2, 0.25) is 0 Å². The number of carbonyl (C=O) groups excluding carboxylic acids is 1. The Balaban J connectivity index is 2.54. The summed E-state index contributed by atoms with van der Waals surface area (Å²) in [6, 6.07) is 0. The van der Waals surface area contributed by atoms with Gasteiger partial charge in [0, 0.05) is 6.61 Å². The highest BCUT2D eigenvalue weighted by Crippen LogP contribution is 2.31. The van der Waals surface area contributed by atoms with Crippen LogP contribution in [0.3, 0.4) is 0 Å². The molecule has 0 heterocycles. The van der Waals surface area contributed by atoms with Crippen LogP contribution in [0.5, 0.6) is 0 Å². The first-order chi connectivity index (χ1) is 8.15. The highest BCUT2D eigenvalue weighted by Gasteiger charge is 2.31. The number of esters is 1. The zero-order valence-corrected chi connectivity index (χ0v) is 11.4. The SMILES string of the molecule is CCOCC(C(=O)OC(C)C)C1CCCCC1. The zero-order chi connectivity index (χ0) is 12.7. The van der Waals surface area contributed by atoms with E-state index in [1.807, 2.05) is 20.8 Å². The van der Waals surface area contributed by atoms with E-state index < -0.39 is 0 Å². The third-order valence-corrected chi connectivity index (χ3v) is 3.38. The molecule has 0 amide bonds. The Morgan fingerprint density at radius 3 is 2.41 bits per heavy atom. The Hall–Kier alpha value is -0.570. The number of hydrogen-bond donors (Lipinski definition) is 0. The van der Waals surface area contributed by atoms with Gasteiger partial charge < -0.3 is 9.47 Å². The average Bonchev–Trinajstić information content (AvgIpc) is 2.30. The summed E-state index contributed by atoms with van der Waals surface area (Å²) >= 11 is 0. The van der Waals surface area contributed by atoms with Gasteiger partial charge in [-0.1, -0.05) is 19.3 Å². The number of rotatable bonds is 6. The molecule has 1 saturated carbocycles. The lowest BCUT2D eigenvalue weighted by Crippen LogP contribution is -2.32. The molecule has 3 nitrogen and oxygen atoms in total. The average molecular weight is 242 g/mol. The fourth-order valence-corrected chi connectivity index (χ4v) is 2.50. The maximum atomic E-state index is 12.1. The van der Waals surface area contributed by atoms with Crippen LogP contribution in [0.25, 0.3) is 0 Å². The highest BCUT2D eigenvalue weighted by atomic mass is 16.5. The van der Waals surface area contributed by atoms with Crippen molar-refractivity contribution in [3.05, 3.63) is 0 Å². The summed E-state index contributed by atoms with van der Waals surface area (Å²) in [4.78, 5) is 12.1. The monoisotopic (exact) mass is 242 g/mol. The standard InChI is InChI=1S/C14H26O3/c1-4-16-10-13(14(15)17-11(2)3)12-8-6-5-7-9-12/h11-13H,4-10H2,1-3H3. The minimum Gasteiger partial charge on any atom is -0.463 e. The van der Waals surface area contributed by atoms with Crippen molar-refractivity contribution in [1.29, 1.82) is 0 Å². The maximum absolute atomic E-state index is 12.1. The predicted octanol–water partition coefficient (Wildman–Crippen LogP) is 3.17. The Labute approximate surface area is 105 Å². The third-order valence-electron chi connectivity index (χ3n) is 3.38. The molecule has 0 aliphatic heterocycles. The van der Waals surface area contributed by atoms with Crippen LogP contribution in [-0.2, 0) is 14.3 Å². The number of carbonyl (C=O) groups is 1. The minimum atomic E-state index is -0.0691. The molecule has 1 fully saturated rings. The summed E-state index contributed by atoms with van der Waals surface area (Å²) in [6.07, 6.45) is 6.03. The molecule has 0 N–H and O–H groups in total. The first kappa shape index (κ1) is 14.5. The van der Waals surface area contributed by atoms with Gasteiger partial charge in [0.1, 0.15) is 0 Å². The van der Waals surface area contributed by atoms with Crippen LogP contribution < -0.4 is 0 Å². The minimum absolute atomic E-state index is 0.0322. The van der Waals surface area contributed by atoms with Gasteiger partial charge in [-0.05, 0) is 39.5 Å². The van der Waals surface area contributed by atoms with Crippen molar-refractivity contribution in [2.75, 3.05) is 13.2 Å². The normalized spacial score (nSPS) is 19.3. The van der Waals surface area contributed by atoms with Gasteiger partial charge in [-0.25, -0.2) is 0 Å². The van der Waals surface area contributed by atoms with Gasteiger partial charge >= 0.3 is 5.97 Å². The van der Waals surface area contributed by atoms with Gasteiger partial charge in [0.15, 0.2) is 0 Å². The Morgan fingerprint density at radius 2 is 1.88 bits per heavy atom. The summed E-state index contributed by atoms with van der Waals surface area (Å²) in [5.74, 6) is 0.333. The quantitative estimate of drug-likeness (QED) is 0.671. The molecule has 0 aromatic heterocycles. The molecule has 3 heteroatoms. The van der Waals surface area contributed by atoms with Crippen LogP contribution in [-0.4, -0.2) is 25.3 Å². The van der Waals surface area contributed by atoms with E-state index in [1.54, 1.807) is 0 Å². The number of ether oxygens (including phenoxy) is 2. The summed E-state index contributed by atoms with van der Waals surface area (Å²) in [5, 5.41) is 0. The molecule has 0 saturated heterocycles. The fraction of sp³-hybridized carbons (Fsp3) is 0.929. The second-order valence-electron chi connectivity index (χ2n) is 5.15. The number of hydrogen-bond acceptors (Lipinski definition) is 3. The van der Waals surface area contributed by atoms with Crippen molar-refractivity contribution in [1.82, 2.24) is 0 Å². The molecule has 0 radical (unpaired) electrons. The van der Waals surface area contributed by atoms with Crippen molar-refractivity contribution >= 4 is 5.97 Å². The molecule has 0 spiro atoms. The molecule has 1 rings (SSSR count). The molecule has 1 aliphatic carbocycles. The van der Waals surface area contributed by atoms with Crippen molar-refractivity contribution < 1.29 is 14.3 Å². The summed E-state index contributed by atoms with van der Waals surface area (Å²) < 4.78 is 10.8. The van der Waals surface area contributed by atoms with Crippen LogP contribution >= 0.6 is 0 Å². The van der Waals surface area contributed by atoms with Gasteiger partial charge in [0.05, 0.1) is 18.6 Å². The van der Waals surface area contributed by atoms with Crippen molar-refractivity contribution in [3.8, 4) is 0 Å². The molecule has 1 atom stereocenters. The fourth-order valence-electron chi connectivity index (χ4n) is 2.50. The van der Waals surface area contributed by atoms with Crippen molar-refractivity contribution in [3.63, 3.8) is 0 Å². The zero-order valence-electron chi connectivity index (χ0n) is 11.4. The molecule has 17 heavy (non-hydrogen) atoms. The lowest BCUT2D eigenvalue weighted by molar-refractivity contribution is -0.157. The third kappa shape index (κ3) is 5.07. The molecule has 0 bridgehead atoms. The largest absolute Gasteiger partial charge is 0.463 e. The molecular weight excluding hydrogens is 216 g/mol. The van der Waals surface area contributed by atoms with Crippen LogP contribution in [0.15, 0.2) is 0 Å². The Bertz CT molecular complexity index is 220. The van der Waals surface area contributed by atoms with E-state index in [4.69, 9.17) is 9.47 Å². The van der Waals surface area contributed by atoms with Crippen LogP contribution in [0, 0.1) is 11.8 Å². The lowest BCUT2D eigenvalue weighted by atomic mass is 9.80. The van der Waals surface area contributed by atoms with Gasteiger partial charge in [-0.2, -0.15) is 0 Å². The van der Waals surface area contributed by atoms with E-state index in [2.05, 4.69) is 0 Å². The van der Waals surface area contributed by atoms with E-state index >= 15 is 0 Å². The van der Waals surface area contributed by atoms with Gasteiger partial charge in [0.25, 0.3) is 0 Å². The van der Waals surface area contributed by atoms with Crippen molar-refractivity contribution in [2.45, 2.75) is 59.0 Å². The van der Waals surface area contributed by atoms with Gasteiger partial charge in [-0.3, -0.25) is 4.79 Å². The topological polar surface area (TPSA) is 35.5 Å². The van der Waals surface area contributed by atoms with Gasteiger partial charge in [0.2, 0.25) is 0 Å². The molecule has 0 aromatic rings. The first-order valence-corrected chi connectivity index (χ1v) is 6.93. The molecule has 1 aliphatic rings. The molecule has 1 unspecified atom stereocenters. The summed E-state index contributed by atoms with van der Waals surface area (Å²) in [6.45, 7) is 6.95. The molecular formula is C14H26O3. The van der Waals surface area contributed by atoms with E-state index in [1.165, 1.54) is 19.3 Å². The van der Waals surface area contributed by atoms with Crippen LogP contribution in [0.1, 0.15) is 52.9 Å². The smallest absolute Gasteiger partial charge is 0.311 e. The summed E-state index contributed by atoms with van der Waals surface area (Å²) in [7, 11) is 0. The van der Waals surface area contributed by atoms with E-state index in [0.717, 1.165) is 12.8 Å². The maximum Gasteiger partial charge on any atom is 0.311 e. The van der Waals surface area contributed by atoms with Crippen molar-refractivity contribution in [2.24, 2.45) is 11.8 Å². The lowest BCUT2D eigenvalue weighted by Gasteiger charge is -2.29. The van der Waals surface area contributed by atoms with E-state index in [9.17, 15) is 4.79 Å². The Morgan fingerprint density at radius 1 is 1.24 bits per heavy atom. The summed E-state index contributed by atoms with van der Waals surface area (Å²) in [5.41, 5.74) is 0. The Kier molecular flexibility index (Phi) is 6.56. The molecule has 0 aromatic carbocycles. The van der Waals surface area contributed by atoms with E-state index in [0.29, 0.717) is 19.1 Å².